The van der Waals surface area contributed by atoms with Crippen LogP contribution in [-0.2, 0) is 17.8 Å². The zero-order chi connectivity index (χ0) is 21.1. The molecule has 0 saturated heterocycles. The summed E-state index contributed by atoms with van der Waals surface area (Å²) in [5, 5.41) is 0.686. The van der Waals surface area contributed by atoms with Crippen molar-refractivity contribution < 1.29 is 4.79 Å². The minimum absolute atomic E-state index is 0.108. The zero-order valence-electron chi connectivity index (χ0n) is 15.5. The Hall–Kier alpha value is -3.03. The van der Waals surface area contributed by atoms with E-state index in [9.17, 15) is 14.4 Å². The van der Waals surface area contributed by atoms with Crippen LogP contribution in [0.15, 0.2) is 58.1 Å². The predicted octanol–water partition coefficient (Wildman–Crippen LogP) is 2.68. The van der Waals surface area contributed by atoms with Gasteiger partial charge in [0.1, 0.15) is 5.82 Å². The second-order valence-corrected chi connectivity index (χ2v) is 7.21. The molecule has 3 rings (SSSR count). The molecule has 2 aromatic carbocycles. The number of carbonyl (C=O) groups excluding carboxylic acids is 1. The zero-order valence-corrected chi connectivity index (χ0v) is 17.0. The Morgan fingerprint density at radius 1 is 1.07 bits per heavy atom. The number of likely N-dealkylation sites (N-methyl/N-ethyl adjacent to an activating group) is 1. The fraction of sp³-hybridized carbons (Fsp3) is 0.150. The predicted molar refractivity (Wildman–Crippen MR) is 115 cm³/mol. The molecule has 0 radical (unpaired) electrons. The van der Waals surface area contributed by atoms with Gasteiger partial charge in [-0.2, -0.15) is 0 Å². The number of aromatic amines is 1. The third kappa shape index (κ3) is 4.36. The summed E-state index contributed by atoms with van der Waals surface area (Å²) in [5.41, 5.74) is 5.86. The van der Waals surface area contributed by atoms with Crippen LogP contribution in [0.4, 0.5) is 11.5 Å². The summed E-state index contributed by atoms with van der Waals surface area (Å²) in [6, 6.07) is 14.1. The van der Waals surface area contributed by atoms with E-state index in [-0.39, 0.29) is 24.5 Å². The van der Waals surface area contributed by atoms with Crippen molar-refractivity contribution in [3.63, 3.8) is 0 Å². The van der Waals surface area contributed by atoms with Gasteiger partial charge < -0.3 is 10.6 Å². The minimum atomic E-state index is -0.752. The Labute approximate surface area is 176 Å². The van der Waals surface area contributed by atoms with Gasteiger partial charge in [-0.05, 0) is 23.3 Å². The fourth-order valence-corrected chi connectivity index (χ4v) is 3.45. The lowest BCUT2D eigenvalue weighted by molar-refractivity contribution is -0.117. The van der Waals surface area contributed by atoms with E-state index in [0.29, 0.717) is 15.6 Å². The van der Waals surface area contributed by atoms with E-state index < -0.39 is 17.2 Å². The van der Waals surface area contributed by atoms with Crippen molar-refractivity contribution in [3.8, 4) is 0 Å². The minimum Gasteiger partial charge on any atom is -0.383 e. The van der Waals surface area contributed by atoms with Gasteiger partial charge >= 0.3 is 5.69 Å². The van der Waals surface area contributed by atoms with Gasteiger partial charge in [0.15, 0.2) is 5.69 Å². The van der Waals surface area contributed by atoms with Crippen LogP contribution in [0.5, 0.6) is 0 Å². The molecule has 29 heavy (non-hydrogen) atoms. The third-order valence-electron chi connectivity index (χ3n) is 4.50. The van der Waals surface area contributed by atoms with Crippen molar-refractivity contribution in [1.29, 1.82) is 0 Å². The lowest BCUT2D eigenvalue weighted by Gasteiger charge is -2.21. The summed E-state index contributed by atoms with van der Waals surface area (Å²) < 4.78 is 1.21. The molecule has 9 heteroatoms. The second-order valence-electron chi connectivity index (χ2n) is 6.39. The van der Waals surface area contributed by atoms with Crippen molar-refractivity contribution >= 4 is 40.6 Å². The number of benzene rings is 2. The van der Waals surface area contributed by atoms with E-state index >= 15 is 0 Å². The van der Waals surface area contributed by atoms with Gasteiger partial charge in [0.25, 0.3) is 5.56 Å². The van der Waals surface area contributed by atoms with E-state index in [0.717, 1.165) is 10.5 Å². The first-order valence-electron chi connectivity index (χ1n) is 8.65. The van der Waals surface area contributed by atoms with Crippen LogP contribution in [0.1, 0.15) is 11.1 Å². The molecule has 7 nitrogen and oxygen atoms in total. The van der Waals surface area contributed by atoms with E-state index in [4.69, 9.17) is 28.9 Å². The molecule has 0 atom stereocenters. The Balaban J connectivity index is 1.97. The number of aromatic nitrogens is 2. The van der Waals surface area contributed by atoms with Crippen molar-refractivity contribution in [2.75, 3.05) is 17.7 Å². The maximum absolute atomic E-state index is 12.8. The first-order valence-corrected chi connectivity index (χ1v) is 9.41. The van der Waals surface area contributed by atoms with E-state index in [1.807, 2.05) is 30.3 Å². The Morgan fingerprint density at radius 2 is 1.69 bits per heavy atom. The van der Waals surface area contributed by atoms with Crippen LogP contribution in [-0.4, -0.2) is 22.5 Å². The molecule has 1 heterocycles. The summed E-state index contributed by atoms with van der Waals surface area (Å²) >= 11 is 12.3. The van der Waals surface area contributed by atoms with Crippen molar-refractivity contribution in [3.05, 3.63) is 90.5 Å². The number of halogens is 2. The lowest BCUT2D eigenvalue weighted by atomic mass is 10.1. The molecule has 0 aliphatic heterocycles. The van der Waals surface area contributed by atoms with Crippen LogP contribution >= 0.6 is 23.2 Å². The third-order valence-corrected chi connectivity index (χ3v) is 5.21. The number of nitrogens with one attached hydrogen (secondary N) is 1. The lowest BCUT2D eigenvalue weighted by Crippen LogP contribution is -2.40. The molecule has 1 amide bonds. The number of nitrogen functional groups attached to an aromatic ring is 1. The molecule has 0 aliphatic carbocycles. The molecule has 150 valence electrons. The van der Waals surface area contributed by atoms with Crippen LogP contribution in [0.25, 0.3) is 0 Å². The topological polar surface area (TPSA) is 101 Å². The van der Waals surface area contributed by atoms with Crippen molar-refractivity contribution in [2.45, 2.75) is 13.0 Å². The first kappa shape index (κ1) is 20.7. The maximum Gasteiger partial charge on any atom is 0.330 e. The average Bonchev–Trinajstić information content (AvgIpc) is 2.68. The molecular weight excluding hydrogens is 415 g/mol. The fourth-order valence-electron chi connectivity index (χ4n) is 2.92. The first-order chi connectivity index (χ1) is 13.8. The summed E-state index contributed by atoms with van der Waals surface area (Å²) in [7, 11) is 1.41. The molecule has 0 saturated carbocycles. The number of hydrogen-bond donors (Lipinski definition) is 2. The Kier molecular flexibility index (Phi) is 6.10. The van der Waals surface area contributed by atoms with Crippen molar-refractivity contribution in [1.82, 2.24) is 9.55 Å². The van der Waals surface area contributed by atoms with Crippen LogP contribution in [0.3, 0.4) is 0 Å². The quantitative estimate of drug-likeness (QED) is 0.646. The maximum atomic E-state index is 12.8. The normalized spacial score (nSPS) is 10.7. The number of amides is 1. The van der Waals surface area contributed by atoms with Gasteiger partial charge in [-0.15, -0.1) is 0 Å². The van der Waals surface area contributed by atoms with Gasteiger partial charge in [0, 0.05) is 17.1 Å². The molecule has 0 bridgehead atoms. The van der Waals surface area contributed by atoms with Crippen LogP contribution in [0, 0.1) is 0 Å². The van der Waals surface area contributed by atoms with Gasteiger partial charge in [0.2, 0.25) is 5.91 Å². The molecule has 0 unspecified atom stereocenters. The summed E-state index contributed by atoms with van der Waals surface area (Å²) in [5.74, 6) is -0.564. The van der Waals surface area contributed by atoms with Gasteiger partial charge in [0.05, 0.1) is 13.0 Å². The highest BCUT2D eigenvalue weighted by Crippen LogP contribution is 2.26. The molecule has 0 spiro atoms. The van der Waals surface area contributed by atoms with E-state index in [2.05, 4.69) is 4.98 Å². The highest BCUT2D eigenvalue weighted by atomic mass is 35.5. The number of anilines is 2. The number of nitrogens with two attached hydrogens (primary N) is 1. The highest BCUT2D eigenvalue weighted by molar-refractivity contribution is 6.36. The largest absolute Gasteiger partial charge is 0.383 e. The SMILES string of the molecule is CN(C(=O)Cc1c(Cl)cccc1Cl)c1c(N)n(Cc2ccccc2)c(=O)[nH]c1=O. The summed E-state index contributed by atoms with van der Waals surface area (Å²) in [6.45, 7) is 0.146. The number of carbonyl (C=O) groups is 1. The van der Waals surface area contributed by atoms with Crippen molar-refractivity contribution in [2.24, 2.45) is 0 Å². The molecular formula is C20H18Cl2N4O3. The Bertz CT molecular complexity index is 1150. The molecule has 1 aromatic heterocycles. The number of H-pyrrole nitrogens is 1. The average molecular weight is 433 g/mol. The van der Waals surface area contributed by atoms with Crippen LogP contribution in [0.2, 0.25) is 10.0 Å². The number of rotatable bonds is 5. The summed E-state index contributed by atoms with van der Waals surface area (Å²) in [6.07, 6.45) is -0.133. The van der Waals surface area contributed by atoms with E-state index in [1.165, 1.54) is 11.6 Å². The van der Waals surface area contributed by atoms with Gasteiger partial charge in [-0.1, -0.05) is 59.6 Å². The number of nitrogens with zero attached hydrogens (tertiary/aromatic N) is 2. The van der Waals surface area contributed by atoms with E-state index in [1.54, 1.807) is 18.2 Å². The Morgan fingerprint density at radius 3 is 2.31 bits per heavy atom. The molecule has 3 aromatic rings. The monoisotopic (exact) mass is 432 g/mol. The van der Waals surface area contributed by atoms with Crippen LogP contribution < -0.4 is 21.9 Å². The molecule has 0 aliphatic rings. The smallest absolute Gasteiger partial charge is 0.330 e. The van der Waals surface area contributed by atoms with Gasteiger partial charge in [-0.3, -0.25) is 19.1 Å². The standard InChI is InChI=1S/C20H18Cl2N4O3/c1-25(16(27)10-13-14(21)8-5-9-15(13)22)17-18(23)26(20(29)24-19(17)28)11-12-6-3-2-4-7-12/h2-9H,10-11,23H2,1H3,(H,24,28,29). The second kappa shape index (κ2) is 8.55. The molecule has 0 fully saturated rings. The van der Waals surface area contributed by atoms with Gasteiger partial charge in [-0.25, -0.2) is 4.79 Å². The highest BCUT2D eigenvalue weighted by Gasteiger charge is 2.22. The number of hydrogen-bond acceptors (Lipinski definition) is 4. The molecule has 3 N–H and O–H groups in total. The summed E-state index contributed by atoms with van der Waals surface area (Å²) in [4.78, 5) is 40.8.